The van der Waals surface area contributed by atoms with Crippen molar-refractivity contribution in [2.24, 2.45) is 0 Å². The topological polar surface area (TPSA) is 108 Å². The number of allylic oxidation sites excluding steroid dienone is 30. The lowest BCUT2D eigenvalue weighted by Crippen LogP contribution is -2.37. The lowest BCUT2D eigenvalue weighted by molar-refractivity contribution is -0.870. The molecule has 0 saturated heterocycles. The molecule has 0 bridgehead atoms. The molecule has 0 radical (unpaired) electrons. The summed E-state index contributed by atoms with van der Waals surface area (Å²) in [5, 5.41) is 0. The fraction of sp³-hybridized carbons (Fsp3) is 0.556. The smallest absolute Gasteiger partial charge is 0.462 e. The van der Waals surface area contributed by atoms with Gasteiger partial charge in [0.1, 0.15) is 19.8 Å². The maximum absolute atomic E-state index is 12.8. The molecule has 10 heteroatoms. The number of carbonyl (C=O) groups is 2. The van der Waals surface area contributed by atoms with Crippen LogP contribution in [0.1, 0.15) is 206 Å². The van der Waals surface area contributed by atoms with Crippen LogP contribution >= 0.6 is 7.82 Å². The molecule has 0 heterocycles. The highest BCUT2D eigenvalue weighted by Crippen LogP contribution is 2.43. The summed E-state index contributed by atoms with van der Waals surface area (Å²) >= 11 is 0. The van der Waals surface area contributed by atoms with Crippen molar-refractivity contribution in [3.63, 3.8) is 0 Å². The van der Waals surface area contributed by atoms with E-state index < -0.39 is 32.5 Å². The molecule has 82 heavy (non-hydrogen) atoms. The van der Waals surface area contributed by atoms with Gasteiger partial charge >= 0.3 is 19.8 Å². The van der Waals surface area contributed by atoms with Crippen LogP contribution in [0.15, 0.2) is 182 Å². The highest BCUT2D eigenvalue weighted by Gasteiger charge is 2.27. The third-order valence-corrected chi connectivity index (χ3v) is 13.4. The first-order chi connectivity index (χ1) is 40.0. The molecule has 9 nitrogen and oxygen atoms in total. The van der Waals surface area contributed by atoms with Crippen molar-refractivity contribution in [2.45, 2.75) is 213 Å². The van der Waals surface area contributed by atoms with Crippen LogP contribution in [0.4, 0.5) is 0 Å². The van der Waals surface area contributed by atoms with E-state index in [1.807, 2.05) is 21.1 Å². The fourth-order valence-electron chi connectivity index (χ4n) is 7.66. The standard InChI is InChI=1S/C72H114NO8P/c1-6-8-10-12-14-16-18-20-22-24-26-27-28-29-30-31-32-33-34-35-36-37-38-39-40-41-42-43-44-45-47-49-51-53-55-57-59-61-63-65-72(75)81-70(69-80-82(76,77)79-67-66-73(3,4)5)68-78-71(74)64-62-60-58-56-54-52-50-48-46-25-23-21-19-17-15-13-11-9-7-2/h8-11,14-17,20-23,26-27,29-30,32-33,35-36,38-39,41-42,44-46,48,52,54,70H,6-7,12-13,18-19,24-25,28,31,34,37,40,43,47,49-51,53,55-69H2,1-5H3/p+1/b10-8-,11-9-,16-14-,17-15-,22-20-,23-21-,27-26-,30-29-,33-32-,36-35-,39-38-,42-41-,45-44-,48-46-,54-52-. The average Bonchev–Trinajstić information content (AvgIpc) is 3.46. The normalized spacial score (nSPS) is 14.5. The first kappa shape index (κ1) is 77.1. The van der Waals surface area contributed by atoms with E-state index in [9.17, 15) is 19.0 Å². The van der Waals surface area contributed by atoms with E-state index in [-0.39, 0.29) is 26.1 Å². The molecule has 0 aliphatic heterocycles. The quantitative estimate of drug-likeness (QED) is 0.0211. The number of unbranched alkanes of at least 4 members (excludes halogenated alkanes) is 11. The highest BCUT2D eigenvalue weighted by molar-refractivity contribution is 7.47. The van der Waals surface area contributed by atoms with Crippen LogP contribution in [0.25, 0.3) is 0 Å². The van der Waals surface area contributed by atoms with Crippen LogP contribution in [0.3, 0.4) is 0 Å². The molecule has 1 N–H and O–H groups in total. The number of esters is 2. The van der Waals surface area contributed by atoms with Crippen LogP contribution in [0, 0.1) is 0 Å². The molecular weight excluding hydrogens is 1040 g/mol. The summed E-state index contributed by atoms with van der Waals surface area (Å²) in [7, 11) is 1.42. The van der Waals surface area contributed by atoms with Gasteiger partial charge in [-0.1, -0.05) is 241 Å². The van der Waals surface area contributed by atoms with Gasteiger partial charge in [0.05, 0.1) is 27.7 Å². The van der Waals surface area contributed by atoms with Crippen molar-refractivity contribution in [2.75, 3.05) is 47.5 Å². The van der Waals surface area contributed by atoms with E-state index in [1.54, 1.807) is 0 Å². The number of carbonyl (C=O) groups excluding carboxylic acids is 2. The number of phosphoric acid groups is 1. The Morgan fingerprint density at radius 2 is 0.659 bits per heavy atom. The summed E-state index contributed by atoms with van der Waals surface area (Å²) in [6.07, 6.45) is 94.0. The molecule has 0 aromatic rings. The van der Waals surface area contributed by atoms with Crippen LogP contribution in [-0.4, -0.2) is 74.9 Å². The summed E-state index contributed by atoms with van der Waals surface area (Å²) < 4.78 is 34.5. The molecule has 0 rings (SSSR count). The molecule has 0 aromatic heterocycles. The molecule has 460 valence electrons. The summed E-state index contributed by atoms with van der Waals surface area (Å²) in [5.74, 6) is -0.860. The zero-order valence-corrected chi connectivity index (χ0v) is 53.0. The van der Waals surface area contributed by atoms with Crippen molar-refractivity contribution in [3.05, 3.63) is 182 Å². The minimum absolute atomic E-state index is 0.0138. The molecule has 0 aliphatic rings. The third kappa shape index (κ3) is 64.3. The molecule has 0 spiro atoms. The van der Waals surface area contributed by atoms with Gasteiger partial charge in [-0.15, -0.1) is 0 Å². The molecule has 0 aromatic carbocycles. The van der Waals surface area contributed by atoms with Crippen molar-refractivity contribution in [1.82, 2.24) is 0 Å². The van der Waals surface area contributed by atoms with E-state index >= 15 is 0 Å². The van der Waals surface area contributed by atoms with Gasteiger partial charge in [-0.3, -0.25) is 18.6 Å². The predicted molar refractivity (Wildman–Crippen MR) is 352 cm³/mol. The summed E-state index contributed by atoms with van der Waals surface area (Å²) in [5.41, 5.74) is 0. The van der Waals surface area contributed by atoms with Crippen LogP contribution in [-0.2, 0) is 32.7 Å². The number of quaternary nitrogens is 1. The summed E-state index contributed by atoms with van der Waals surface area (Å²) in [4.78, 5) is 35.7. The summed E-state index contributed by atoms with van der Waals surface area (Å²) in [6.45, 7) is 4.12. The summed E-state index contributed by atoms with van der Waals surface area (Å²) in [6, 6.07) is 0. The Bertz CT molecular complexity index is 2030. The maximum Gasteiger partial charge on any atom is 0.472 e. The Kier molecular flexibility index (Phi) is 57.1. The Labute approximate surface area is 501 Å². The zero-order chi connectivity index (χ0) is 59.8. The van der Waals surface area contributed by atoms with Crippen molar-refractivity contribution >= 4 is 19.8 Å². The number of ether oxygens (including phenoxy) is 2. The molecular formula is C72H115NO8P+. The van der Waals surface area contributed by atoms with Gasteiger partial charge in [-0.2, -0.15) is 0 Å². The Morgan fingerprint density at radius 3 is 0.988 bits per heavy atom. The molecule has 0 saturated carbocycles. The average molecular weight is 1150 g/mol. The molecule has 0 fully saturated rings. The number of hydrogen-bond donors (Lipinski definition) is 1. The largest absolute Gasteiger partial charge is 0.472 e. The van der Waals surface area contributed by atoms with Gasteiger partial charge in [-0.25, -0.2) is 4.57 Å². The maximum atomic E-state index is 12.8. The lowest BCUT2D eigenvalue weighted by Gasteiger charge is -2.24. The Morgan fingerprint density at radius 1 is 0.378 bits per heavy atom. The monoisotopic (exact) mass is 1150 g/mol. The second-order valence-electron chi connectivity index (χ2n) is 21.3. The molecule has 2 atom stereocenters. The van der Waals surface area contributed by atoms with Crippen LogP contribution in [0.5, 0.6) is 0 Å². The van der Waals surface area contributed by atoms with E-state index in [1.165, 1.54) is 25.7 Å². The van der Waals surface area contributed by atoms with Crippen LogP contribution in [0.2, 0.25) is 0 Å². The number of likely N-dealkylation sites (N-methyl/N-ethyl adjacent to an activating group) is 1. The third-order valence-electron chi connectivity index (χ3n) is 12.4. The van der Waals surface area contributed by atoms with Gasteiger partial charge < -0.3 is 18.9 Å². The van der Waals surface area contributed by atoms with Gasteiger partial charge in [0, 0.05) is 12.8 Å². The molecule has 0 amide bonds. The Balaban J connectivity index is 4.20. The van der Waals surface area contributed by atoms with E-state index in [0.717, 1.165) is 141 Å². The number of phosphoric ester groups is 1. The van der Waals surface area contributed by atoms with Crippen molar-refractivity contribution < 1.29 is 42.1 Å². The van der Waals surface area contributed by atoms with Crippen molar-refractivity contribution in [3.8, 4) is 0 Å². The highest BCUT2D eigenvalue weighted by atomic mass is 31.2. The minimum Gasteiger partial charge on any atom is -0.462 e. The first-order valence-electron chi connectivity index (χ1n) is 31.5. The van der Waals surface area contributed by atoms with Crippen molar-refractivity contribution in [1.29, 1.82) is 0 Å². The molecule has 0 aliphatic carbocycles. The van der Waals surface area contributed by atoms with Gasteiger partial charge in [0.25, 0.3) is 0 Å². The van der Waals surface area contributed by atoms with Gasteiger partial charge in [-0.05, 0) is 135 Å². The van der Waals surface area contributed by atoms with Crippen LogP contribution < -0.4 is 0 Å². The second kappa shape index (κ2) is 60.7. The van der Waals surface area contributed by atoms with E-state index in [2.05, 4.69) is 196 Å². The lowest BCUT2D eigenvalue weighted by atomic mass is 10.1. The van der Waals surface area contributed by atoms with Gasteiger partial charge in [0.2, 0.25) is 0 Å². The first-order valence-corrected chi connectivity index (χ1v) is 33.0. The zero-order valence-electron chi connectivity index (χ0n) is 52.1. The number of hydrogen-bond acceptors (Lipinski definition) is 7. The fourth-order valence-corrected chi connectivity index (χ4v) is 8.40. The van der Waals surface area contributed by atoms with E-state index in [0.29, 0.717) is 23.9 Å². The second-order valence-corrected chi connectivity index (χ2v) is 22.8. The molecule has 2 unspecified atom stereocenters. The Hall–Kier alpha value is -4.89. The SMILES string of the molecule is CC/C=C\C/C=C\C/C=C\C/C=C\C/C=C\C/C=C\C/C=C\C/C=C\C/C=C\C/C=C\CCCCCCCCCCC(=O)OC(COC(=O)CCCCC/C=C\C/C=C\C/C=C\C/C=C\C/C=C\CC)COP(=O)(O)OCC[N+](C)(C)C. The number of nitrogens with zero attached hydrogens (tertiary/aromatic N) is 1. The van der Waals surface area contributed by atoms with Gasteiger partial charge in [0.15, 0.2) is 6.10 Å². The minimum atomic E-state index is -4.41. The van der Waals surface area contributed by atoms with E-state index in [4.69, 9.17) is 18.5 Å². The number of rotatable bonds is 55. The predicted octanol–water partition coefficient (Wildman–Crippen LogP) is 20.4.